The second-order valence-electron chi connectivity index (χ2n) is 5.72. The fraction of sp³-hybridized carbons (Fsp3) is 1.00. The van der Waals surface area contributed by atoms with Crippen LogP contribution < -0.4 is 0 Å². The highest BCUT2D eigenvalue weighted by atomic mass is 32.2. The molecule has 1 unspecified atom stereocenters. The Kier molecular flexibility index (Phi) is 9.53. The van der Waals surface area contributed by atoms with Crippen LogP contribution >= 0.6 is 11.8 Å². The Bertz CT molecular complexity index is 151. The summed E-state index contributed by atoms with van der Waals surface area (Å²) >= 11 is 1.90. The largest absolute Gasteiger partial charge is 0.392 e. The number of unbranched alkanes of at least 4 members (excludes halogenated alkanes) is 5. The maximum absolute atomic E-state index is 9.84. The summed E-state index contributed by atoms with van der Waals surface area (Å²) in [5.74, 6) is 2.09. The third kappa shape index (κ3) is 9.53. The first-order chi connectivity index (χ1) is 7.48. The first kappa shape index (κ1) is 16.3. The molecule has 0 aromatic heterocycles. The molecular formula is C14H30OS. The van der Waals surface area contributed by atoms with Gasteiger partial charge in [-0.3, -0.25) is 0 Å². The van der Waals surface area contributed by atoms with Gasteiger partial charge in [-0.25, -0.2) is 0 Å². The van der Waals surface area contributed by atoms with Crippen LogP contribution in [0.1, 0.15) is 66.2 Å². The van der Waals surface area contributed by atoms with Gasteiger partial charge in [0.2, 0.25) is 0 Å². The van der Waals surface area contributed by atoms with E-state index in [4.69, 9.17) is 0 Å². The zero-order valence-electron chi connectivity index (χ0n) is 11.6. The van der Waals surface area contributed by atoms with Crippen molar-refractivity contribution in [1.82, 2.24) is 0 Å². The van der Waals surface area contributed by atoms with Gasteiger partial charge in [-0.05, 0) is 17.6 Å². The van der Waals surface area contributed by atoms with Gasteiger partial charge in [-0.1, -0.05) is 59.8 Å². The zero-order chi connectivity index (χ0) is 12.4. The number of aliphatic hydroxyl groups is 1. The standard InChI is InChI=1S/C14H30OS/c1-5-6-7-8-9-10-11-16-12-13(15)14(2,3)4/h13,15H,5-12H2,1-4H3. The molecule has 0 aromatic rings. The van der Waals surface area contributed by atoms with Crippen molar-refractivity contribution in [3.8, 4) is 0 Å². The van der Waals surface area contributed by atoms with Crippen molar-refractivity contribution < 1.29 is 5.11 Å². The summed E-state index contributed by atoms with van der Waals surface area (Å²) in [5.41, 5.74) is 0.0358. The van der Waals surface area contributed by atoms with Crippen LogP contribution in [0.15, 0.2) is 0 Å². The average molecular weight is 246 g/mol. The van der Waals surface area contributed by atoms with Crippen LogP contribution in [0, 0.1) is 5.41 Å². The highest BCUT2D eigenvalue weighted by Crippen LogP contribution is 2.22. The molecule has 0 saturated heterocycles. The van der Waals surface area contributed by atoms with E-state index in [1.54, 1.807) is 0 Å². The fourth-order valence-electron chi connectivity index (χ4n) is 1.43. The third-order valence-electron chi connectivity index (χ3n) is 2.92. The molecule has 0 aromatic carbocycles. The van der Waals surface area contributed by atoms with Crippen LogP contribution in [0.3, 0.4) is 0 Å². The number of rotatable bonds is 9. The van der Waals surface area contributed by atoms with Gasteiger partial charge in [-0.15, -0.1) is 0 Å². The molecule has 0 radical (unpaired) electrons. The molecular weight excluding hydrogens is 216 g/mol. The van der Waals surface area contributed by atoms with Crippen molar-refractivity contribution >= 4 is 11.8 Å². The molecule has 0 bridgehead atoms. The van der Waals surface area contributed by atoms with Crippen LogP contribution in [0.2, 0.25) is 0 Å². The summed E-state index contributed by atoms with van der Waals surface area (Å²) in [6, 6.07) is 0. The predicted molar refractivity (Wildman–Crippen MR) is 76.2 cm³/mol. The van der Waals surface area contributed by atoms with E-state index in [1.165, 1.54) is 44.3 Å². The van der Waals surface area contributed by atoms with Crippen LogP contribution in [0.25, 0.3) is 0 Å². The summed E-state index contributed by atoms with van der Waals surface area (Å²) in [6.07, 6.45) is 7.99. The van der Waals surface area contributed by atoms with E-state index in [9.17, 15) is 5.11 Å². The topological polar surface area (TPSA) is 20.2 Å². The van der Waals surface area contributed by atoms with Crippen molar-refractivity contribution in [2.24, 2.45) is 5.41 Å². The molecule has 0 fully saturated rings. The maximum Gasteiger partial charge on any atom is 0.0678 e. The number of hydrogen-bond acceptors (Lipinski definition) is 2. The van der Waals surface area contributed by atoms with Gasteiger partial charge in [0.1, 0.15) is 0 Å². The minimum absolute atomic E-state index is 0.0358. The quantitative estimate of drug-likeness (QED) is 0.605. The van der Waals surface area contributed by atoms with Gasteiger partial charge in [-0.2, -0.15) is 11.8 Å². The molecule has 16 heavy (non-hydrogen) atoms. The van der Waals surface area contributed by atoms with E-state index < -0.39 is 0 Å². The SMILES string of the molecule is CCCCCCCCSCC(O)C(C)(C)C. The summed E-state index contributed by atoms with van der Waals surface area (Å²) in [4.78, 5) is 0. The zero-order valence-corrected chi connectivity index (χ0v) is 12.4. The summed E-state index contributed by atoms with van der Waals surface area (Å²) in [6.45, 7) is 8.55. The van der Waals surface area contributed by atoms with Crippen LogP contribution in [-0.4, -0.2) is 22.7 Å². The highest BCUT2D eigenvalue weighted by Gasteiger charge is 2.21. The third-order valence-corrected chi connectivity index (χ3v) is 4.05. The second kappa shape index (κ2) is 9.35. The maximum atomic E-state index is 9.84. The minimum atomic E-state index is -0.169. The lowest BCUT2D eigenvalue weighted by molar-refractivity contribution is 0.0843. The molecule has 1 atom stereocenters. The lowest BCUT2D eigenvalue weighted by Crippen LogP contribution is -2.28. The first-order valence-electron chi connectivity index (χ1n) is 6.74. The van der Waals surface area contributed by atoms with Gasteiger partial charge < -0.3 is 5.11 Å². The van der Waals surface area contributed by atoms with E-state index in [-0.39, 0.29) is 11.5 Å². The van der Waals surface area contributed by atoms with Crippen molar-refractivity contribution in [2.45, 2.75) is 72.3 Å². The molecule has 0 aliphatic heterocycles. The van der Waals surface area contributed by atoms with Gasteiger partial charge >= 0.3 is 0 Å². The van der Waals surface area contributed by atoms with E-state index in [0.717, 1.165) is 5.75 Å². The molecule has 1 N–H and O–H groups in total. The Labute approximate surface area is 106 Å². The smallest absolute Gasteiger partial charge is 0.0678 e. The van der Waals surface area contributed by atoms with Gasteiger partial charge in [0.25, 0.3) is 0 Å². The Morgan fingerprint density at radius 1 is 1.00 bits per heavy atom. The molecule has 0 rings (SSSR count). The van der Waals surface area contributed by atoms with Gasteiger partial charge in [0, 0.05) is 5.75 Å². The monoisotopic (exact) mass is 246 g/mol. The Balaban J connectivity index is 3.21. The van der Waals surface area contributed by atoms with Crippen molar-refractivity contribution in [3.63, 3.8) is 0 Å². The molecule has 1 nitrogen and oxygen atoms in total. The normalized spacial score (nSPS) is 14.1. The van der Waals surface area contributed by atoms with Crippen molar-refractivity contribution in [2.75, 3.05) is 11.5 Å². The lowest BCUT2D eigenvalue weighted by Gasteiger charge is -2.25. The fourth-order valence-corrected chi connectivity index (χ4v) is 2.73. The Morgan fingerprint density at radius 2 is 1.56 bits per heavy atom. The molecule has 0 heterocycles. The summed E-state index contributed by atoms with van der Waals surface area (Å²) < 4.78 is 0. The molecule has 0 aliphatic rings. The molecule has 0 aliphatic carbocycles. The van der Waals surface area contributed by atoms with E-state index >= 15 is 0 Å². The second-order valence-corrected chi connectivity index (χ2v) is 6.87. The lowest BCUT2D eigenvalue weighted by atomic mass is 9.90. The van der Waals surface area contributed by atoms with E-state index in [2.05, 4.69) is 27.7 Å². The van der Waals surface area contributed by atoms with Crippen molar-refractivity contribution in [1.29, 1.82) is 0 Å². The summed E-state index contributed by atoms with van der Waals surface area (Å²) in [5, 5.41) is 9.84. The van der Waals surface area contributed by atoms with Crippen molar-refractivity contribution in [3.05, 3.63) is 0 Å². The van der Waals surface area contributed by atoms with E-state index in [0.29, 0.717) is 0 Å². The highest BCUT2D eigenvalue weighted by molar-refractivity contribution is 7.99. The summed E-state index contributed by atoms with van der Waals surface area (Å²) in [7, 11) is 0. The molecule has 98 valence electrons. The molecule has 2 heteroatoms. The Morgan fingerprint density at radius 3 is 2.12 bits per heavy atom. The predicted octanol–water partition coefficient (Wildman–Crippen LogP) is 4.49. The number of thioether (sulfide) groups is 1. The number of hydrogen-bond donors (Lipinski definition) is 1. The average Bonchev–Trinajstić information content (AvgIpc) is 2.20. The van der Waals surface area contributed by atoms with E-state index in [1.807, 2.05) is 11.8 Å². The van der Waals surface area contributed by atoms with Crippen LogP contribution in [0.5, 0.6) is 0 Å². The van der Waals surface area contributed by atoms with Gasteiger partial charge in [0.05, 0.1) is 6.10 Å². The van der Waals surface area contributed by atoms with Crippen LogP contribution in [-0.2, 0) is 0 Å². The molecule has 0 saturated carbocycles. The van der Waals surface area contributed by atoms with Gasteiger partial charge in [0.15, 0.2) is 0 Å². The first-order valence-corrected chi connectivity index (χ1v) is 7.89. The Hall–Kier alpha value is 0.310. The minimum Gasteiger partial charge on any atom is -0.392 e. The van der Waals surface area contributed by atoms with Crippen LogP contribution in [0.4, 0.5) is 0 Å². The molecule has 0 amide bonds. The molecule has 0 spiro atoms. The number of aliphatic hydroxyl groups excluding tert-OH is 1.